The number of benzene rings is 2. The number of piperazine rings is 1. The predicted octanol–water partition coefficient (Wildman–Crippen LogP) is 1.79. The quantitative estimate of drug-likeness (QED) is 0.575. The van der Waals surface area contributed by atoms with E-state index in [2.05, 4.69) is 5.32 Å². The van der Waals surface area contributed by atoms with Crippen LogP contribution < -0.4 is 10.1 Å². The van der Waals surface area contributed by atoms with Gasteiger partial charge in [0.05, 0.1) is 28.6 Å². The Labute approximate surface area is 236 Å². The smallest absolute Gasteiger partial charge is 0.416 e. The van der Waals surface area contributed by atoms with E-state index < -0.39 is 33.5 Å². The number of halogens is 3. The Morgan fingerprint density at radius 1 is 1.07 bits per heavy atom. The molecule has 2 aromatic rings. The van der Waals surface area contributed by atoms with Gasteiger partial charge in [-0.3, -0.25) is 19.3 Å². The van der Waals surface area contributed by atoms with E-state index >= 15 is 0 Å². The van der Waals surface area contributed by atoms with Crippen LogP contribution in [0.4, 0.5) is 13.2 Å². The Kier molecular flexibility index (Phi) is 8.92. The number of carbonyl (C=O) groups excluding carboxylic acids is 3. The van der Waals surface area contributed by atoms with E-state index in [0.29, 0.717) is 6.54 Å². The van der Waals surface area contributed by atoms with Crippen molar-refractivity contribution in [1.29, 1.82) is 0 Å². The van der Waals surface area contributed by atoms with Crippen LogP contribution in [0.15, 0.2) is 47.4 Å². The molecule has 0 aromatic heterocycles. The molecular formula is C27H31F3N4O6S. The minimum atomic E-state index is -4.67. The molecule has 1 fully saturated rings. The number of nitrogens with one attached hydrogen (secondary N) is 1. The van der Waals surface area contributed by atoms with Gasteiger partial charge in [0.1, 0.15) is 12.4 Å². The normalized spacial score (nSPS) is 19.6. The lowest BCUT2D eigenvalue weighted by Crippen LogP contribution is -2.59. The van der Waals surface area contributed by atoms with Gasteiger partial charge in [0.25, 0.3) is 5.91 Å². The first-order valence-electron chi connectivity index (χ1n) is 12.9. The first-order valence-corrected chi connectivity index (χ1v) is 14.8. The SMILES string of the molecule is CC(=O)N1CCN2C(=O)CN(Cc3ccc(S(C)(=O)=O)cc3)CCNC(=O)c3cc(C(F)(F)F)ccc3OC[C@@H]2C1. The fourth-order valence-electron chi connectivity index (χ4n) is 4.83. The lowest BCUT2D eigenvalue weighted by Gasteiger charge is -2.41. The fraction of sp³-hybridized carbons (Fsp3) is 0.444. The Balaban J connectivity index is 1.64. The second-order valence-electron chi connectivity index (χ2n) is 10.1. The van der Waals surface area contributed by atoms with E-state index in [4.69, 9.17) is 4.74 Å². The zero-order valence-electron chi connectivity index (χ0n) is 22.6. The minimum Gasteiger partial charge on any atom is -0.491 e. The summed E-state index contributed by atoms with van der Waals surface area (Å²) in [6, 6.07) is 8.26. The van der Waals surface area contributed by atoms with Crippen LogP contribution in [-0.4, -0.2) is 99.0 Å². The average Bonchev–Trinajstić information content (AvgIpc) is 2.90. The minimum absolute atomic E-state index is 0.0186. The van der Waals surface area contributed by atoms with Crippen molar-refractivity contribution in [3.8, 4) is 5.75 Å². The van der Waals surface area contributed by atoms with Gasteiger partial charge < -0.3 is 19.9 Å². The molecule has 0 bridgehead atoms. The van der Waals surface area contributed by atoms with Gasteiger partial charge in [-0.05, 0) is 35.9 Å². The maximum absolute atomic E-state index is 13.5. The number of sulfone groups is 1. The largest absolute Gasteiger partial charge is 0.491 e. The number of alkyl halides is 3. The molecule has 0 spiro atoms. The maximum atomic E-state index is 13.5. The molecule has 41 heavy (non-hydrogen) atoms. The molecule has 2 aliphatic rings. The Bertz CT molecular complexity index is 1420. The molecule has 2 aliphatic heterocycles. The van der Waals surface area contributed by atoms with Gasteiger partial charge in [-0.15, -0.1) is 0 Å². The highest BCUT2D eigenvalue weighted by atomic mass is 32.2. The van der Waals surface area contributed by atoms with Crippen LogP contribution >= 0.6 is 0 Å². The molecule has 0 aliphatic carbocycles. The lowest BCUT2D eigenvalue weighted by atomic mass is 10.1. The highest BCUT2D eigenvalue weighted by Gasteiger charge is 2.35. The zero-order valence-corrected chi connectivity index (χ0v) is 23.4. The first-order chi connectivity index (χ1) is 19.2. The van der Waals surface area contributed by atoms with E-state index in [-0.39, 0.29) is 73.9 Å². The summed E-state index contributed by atoms with van der Waals surface area (Å²) in [5, 5.41) is 2.62. The maximum Gasteiger partial charge on any atom is 0.416 e. The standard InChI is InChI=1S/C27H31F3N4O6S/c1-18(35)33-11-12-34-21(15-33)17-40-24-8-5-20(27(28,29)30)13-23(24)26(37)31-9-10-32(16-25(34)36)14-19-3-6-22(7-4-19)41(2,38)39/h3-8,13,21H,9-12,14-17H2,1-2H3,(H,31,37)/t21-/m0/s1. The van der Waals surface area contributed by atoms with Crippen molar-refractivity contribution in [3.05, 3.63) is 59.2 Å². The Morgan fingerprint density at radius 3 is 2.41 bits per heavy atom. The summed E-state index contributed by atoms with van der Waals surface area (Å²) in [5.41, 5.74) is -0.572. The van der Waals surface area contributed by atoms with Gasteiger partial charge in [-0.25, -0.2) is 8.42 Å². The van der Waals surface area contributed by atoms with Gasteiger partial charge in [-0.1, -0.05) is 12.1 Å². The van der Waals surface area contributed by atoms with E-state index in [0.717, 1.165) is 30.0 Å². The summed E-state index contributed by atoms with van der Waals surface area (Å²) < 4.78 is 69.7. The number of hydrogen-bond acceptors (Lipinski definition) is 7. The summed E-state index contributed by atoms with van der Waals surface area (Å²) in [6.45, 7) is 2.37. The van der Waals surface area contributed by atoms with Crippen molar-refractivity contribution >= 4 is 27.6 Å². The average molecular weight is 597 g/mol. The number of ether oxygens (including phenoxy) is 1. The van der Waals surface area contributed by atoms with E-state index in [9.17, 15) is 36.0 Å². The topological polar surface area (TPSA) is 116 Å². The molecule has 0 unspecified atom stereocenters. The van der Waals surface area contributed by atoms with Crippen molar-refractivity contribution in [1.82, 2.24) is 20.0 Å². The molecule has 14 heteroatoms. The van der Waals surface area contributed by atoms with Crippen LogP contribution in [0.2, 0.25) is 0 Å². The summed E-state index contributed by atoms with van der Waals surface area (Å²) in [5.74, 6) is -1.26. The van der Waals surface area contributed by atoms with Gasteiger partial charge in [-0.2, -0.15) is 13.2 Å². The van der Waals surface area contributed by atoms with Gasteiger partial charge in [0.2, 0.25) is 11.8 Å². The van der Waals surface area contributed by atoms with Crippen LogP contribution in [0.1, 0.15) is 28.4 Å². The number of hydrogen-bond donors (Lipinski definition) is 1. The molecule has 0 saturated carbocycles. The van der Waals surface area contributed by atoms with Crippen LogP contribution in [0.25, 0.3) is 0 Å². The zero-order chi connectivity index (χ0) is 29.9. The van der Waals surface area contributed by atoms with Crippen molar-refractivity contribution in [2.24, 2.45) is 0 Å². The van der Waals surface area contributed by atoms with E-state index in [1.54, 1.807) is 26.8 Å². The second-order valence-corrected chi connectivity index (χ2v) is 12.1. The van der Waals surface area contributed by atoms with Crippen LogP contribution in [0, 0.1) is 0 Å². The van der Waals surface area contributed by atoms with E-state index in [1.807, 2.05) is 0 Å². The second kappa shape index (κ2) is 12.1. The molecule has 1 atom stereocenters. The van der Waals surface area contributed by atoms with Gasteiger partial charge in [0, 0.05) is 52.4 Å². The highest BCUT2D eigenvalue weighted by molar-refractivity contribution is 7.90. The molecular weight excluding hydrogens is 565 g/mol. The number of nitrogens with zero attached hydrogens (tertiary/aromatic N) is 3. The predicted molar refractivity (Wildman–Crippen MR) is 142 cm³/mol. The number of amides is 3. The molecule has 2 heterocycles. The molecule has 3 amide bonds. The van der Waals surface area contributed by atoms with Crippen molar-refractivity contribution in [2.75, 3.05) is 52.1 Å². The monoisotopic (exact) mass is 596 g/mol. The summed E-state index contributed by atoms with van der Waals surface area (Å²) in [7, 11) is -3.39. The molecule has 0 radical (unpaired) electrons. The van der Waals surface area contributed by atoms with Gasteiger partial charge >= 0.3 is 6.18 Å². The lowest BCUT2D eigenvalue weighted by molar-refractivity contribution is -0.143. The molecule has 1 saturated heterocycles. The van der Waals surface area contributed by atoms with Gasteiger partial charge in [0.15, 0.2) is 9.84 Å². The third kappa shape index (κ3) is 7.55. The molecule has 2 aromatic carbocycles. The third-order valence-corrected chi connectivity index (χ3v) is 8.19. The first kappa shape index (κ1) is 30.3. The van der Waals surface area contributed by atoms with Crippen LogP contribution in [-0.2, 0) is 32.1 Å². The third-order valence-electron chi connectivity index (χ3n) is 7.06. The van der Waals surface area contributed by atoms with Crippen molar-refractivity contribution in [2.45, 2.75) is 30.6 Å². The van der Waals surface area contributed by atoms with Crippen LogP contribution in [0.5, 0.6) is 5.75 Å². The molecule has 4 rings (SSSR count). The van der Waals surface area contributed by atoms with E-state index in [1.165, 1.54) is 19.1 Å². The Morgan fingerprint density at radius 2 is 1.78 bits per heavy atom. The Hall–Kier alpha value is -3.65. The number of carbonyl (C=O) groups is 3. The summed E-state index contributed by atoms with van der Waals surface area (Å²) in [4.78, 5) is 43.7. The molecule has 222 valence electrons. The molecule has 10 nitrogen and oxygen atoms in total. The molecule has 1 N–H and O–H groups in total. The number of rotatable bonds is 3. The highest BCUT2D eigenvalue weighted by Crippen LogP contribution is 2.33. The summed E-state index contributed by atoms with van der Waals surface area (Å²) in [6.07, 6.45) is -3.57. The summed E-state index contributed by atoms with van der Waals surface area (Å²) >= 11 is 0. The van der Waals surface area contributed by atoms with Crippen molar-refractivity contribution < 1.29 is 40.7 Å². The van der Waals surface area contributed by atoms with Crippen molar-refractivity contribution in [3.63, 3.8) is 0 Å². The fourth-order valence-corrected chi connectivity index (χ4v) is 5.46. The number of fused-ring (bicyclic) bond motifs is 2. The van der Waals surface area contributed by atoms with Crippen LogP contribution in [0.3, 0.4) is 0 Å².